The molecule has 2 N–H and O–H groups in total. The molecule has 1 heterocycles. The number of nitrogens with one attached hydrogen (secondary N) is 2. The smallest absolute Gasteiger partial charge is 0.191 e. The summed E-state index contributed by atoms with van der Waals surface area (Å²) in [5.74, 6) is 0.507. The van der Waals surface area contributed by atoms with E-state index in [0.717, 1.165) is 36.5 Å². The molecule has 0 amide bonds. The summed E-state index contributed by atoms with van der Waals surface area (Å²) >= 11 is 0. The van der Waals surface area contributed by atoms with Crippen molar-refractivity contribution >= 4 is 29.9 Å². The quantitative estimate of drug-likeness (QED) is 0.248. The number of benzene rings is 2. The molecule has 5 nitrogen and oxygen atoms in total. The molecule has 0 atom stereocenters. The minimum Gasteiger partial charge on any atom is -0.468 e. The highest BCUT2D eigenvalue weighted by molar-refractivity contribution is 14.0. The lowest BCUT2D eigenvalue weighted by Gasteiger charge is -2.19. The van der Waals surface area contributed by atoms with Crippen LogP contribution in [0.4, 0.5) is 8.78 Å². The van der Waals surface area contributed by atoms with Gasteiger partial charge < -0.3 is 15.1 Å². The fourth-order valence-corrected chi connectivity index (χ4v) is 3.16. The van der Waals surface area contributed by atoms with Crippen LogP contribution in [0, 0.1) is 11.6 Å². The molecule has 8 heteroatoms. The third kappa shape index (κ3) is 7.62. The van der Waals surface area contributed by atoms with Gasteiger partial charge in [0.15, 0.2) is 5.96 Å². The van der Waals surface area contributed by atoms with Crippen LogP contribution in [0.25, 0.3) is 0 Å². The van der Waals surface area contributed by atoms with Crippen molar-refractivity contribution in [1.82, 2.24) is 15.5 Å². The Morgan fingerprint density at radius 3 is 2.32 bits per heavy atom. The minimum absolute atomic E-state index is 0. The highest BCUT2D eigenvalue weighted by atomic mass is 127. The number of hydrogen-bond donors (Lipinski definition) is 2. The first-order valence-electron chi connectivity index (χ1n) is 9.71. The van der Waals surface area contributed by atoms with Crippen molar-refractivity contribution < 1.29 is 13.2 Å². The Balaban J connectivity index is 0.00000341. The Kier molecular flexibility index (Phi) is 9.93. The lowest BCUT2D eigenvalue weighted by atomic mass is 10.1. The summed E-state index contributed by atoms with van der Waals surface area (Å²) < 4.78 is 32.6. The van der Waals surface area contributed by atoms with E-state index in [1.807, 2.05) is 31.3 Å². The van der Waals surface area contributed by atoms with Crippen molar-refractivity contribution in [1.29, 1.82) is 0 Å². The first kappa shape index (κ1) is 24.8. The molecule has 2 aromatic carbocycles. The Labute approximate surface area is 198 Å². The van der Waals surface area contributed by atoms with E-state index in [1.165, 1.54) is 11.6 Å². The van der Waals surface area contributed by atoms with Crippen molar-refractivity contribution in [2.24, 2.45) is 4.99 Å². The van der Waals surface area contributed by atoms with Crippen LogP contribution in [0.15, 0.2) is 70.3 Å². The molecule has 0 bridgehead atoms. The molecular formula is C23H27F2IN4O. The SMILES string of the molecule is CN=C(NCc1cc(F)ccc1F)NCc1ccccc1CN(C)Cc1ccco1.I. The van der Waals surface area contributed by atoms with Gasteiger partial charge in [-0.25, -0.2) is 8.78 Å². The first-order chi connectivity index (χ1) is 14.5. The van der Waals surface area contributed by atoms with Crippen molar-refractivity contribution in [3.63, 3.8) is 0 Å². The van der Waals surface area contributed by atoms with Crippen molar-refractivity contribution in [3.8, 4) is 0 Å². The normalized spacial score (nSPS) is 11.3. The molecule has 0 saturated carbocycles. The van der Waals surface area contributed by atoms with Crippen LogP contribution in [-0.4, -0.2) is 25.0 Å². The second-order valence-electron chi connectivity index (χ2n) is 7.04. The van der Waals surface area contributed by atoms with Gasteiger partial charge in [0.2, 0.25) is 0 Å². The summed E-state index contributed by atoms with van der Waals surface area (Å²) in [4.78, 5) is 6.34. The largest absolute Gasteiger partial charge is 0.468 e. The first-order valence-corrected chi connectivity index (χ1v) is 9.71. The molecule has 3 aromatic rings. The van der Waals surface area contributed by atoms with Crippen LogP contribution >= 0.6 is 24.0 Å². The van der Waals surface area contributed by atoms with Crippen LogP contribution in [0.2, 0.25) is 0 Å². The Bertz CT molecular complexity index is 979. The highest BCUT2D eigenvalue weighted by Crippen LogP contribution is 2.14. The van der Waals surface area contributed by atoms with Crippen LogP contribution in [-0.2, 0) is 26.2 Å². The zero-order valence-corrected chi connectivity index (χ0v) is 19.9. The number of furan rings is 1. The number of nitrogens with zero attached hydrogens (tertiary/aromatic N) is 2. The maximum Gasteiger partial charge on any atom is 0.191 e. The van der Waals surface area contributed by atoms with Gasteiger partial charge in [0, 0.05) is 32.2 Å². The Morgan fingerprint density at radius 1 is 0.935 bits per heavy atom. The van der Waals surface area contributed by atoms with Crippen molar-refractivity contribution in [2.45, 2.75) is 26.2 Å². The van der Waals surface area contributed by atoms with E-state index in [4.69, 9.17) is 4.42 Å². The molecule has 31 heavy (non-hydrogen) atoms. The maximum absolute atomic E-state index is 13.8. The predicted molar refractivity (Wildman–Crippen MR) is 129 cm³/mol. The molecule has 0 unspecified atom stereocenters. The number of rotatable bonds is 8. The molecule has 1 aromatic heterocycles. The van der Waals surface area contributed by atoms with Gasteiger partial charge in [-0.2, -0.15) is 0 Å². The molecule has 0 aliphatic carbocycles. The van der Waals surface area contributed by atoms with E-state index in [2.05, 4.69) is 32.7 Å². The predicted octanol–water partition coefficient (Wildman–Crippen LogP) is 4.67. The zero-order valence-electron chi connectivity index (χ0n) is 17.6. The van der Waals surface area contributed by atoms with E-state index < -0.39 is 11.6 Å². The highest BCUT2D eigenvalue weighted by Gasteiger charge is 2.09. The van der Waals surface area contributed by atoms with E-state index in [1.54, 1.807) is 13.3 Å². The molecule has 0 aliphatic rings. The average molecular weight is 540 g/mol. The van der Waals surface area contributed by atoms with Crippen molar-refractivity contribution in [2.75, 3.05) is 14.1 Å². The van der Waals surface area contributed by atoms with Gasteiger partial charge in [0.05, 0.1) is 12.8 Å². The average Bonchev–Trinajstić information content (AvgIpc) is 3.24. The van der Waals surface area contributed by atoms with Crippen LogP contribution < -0.4 is 10.6 Å². The van der Waals surface area contributed by atoms with E-state index in [-0.39, 0.29) is 36.1 Å². The summed E-state index contributed by atoms with van der Waals surface area (Å²) in [7, 11) is 3.68. The van der Waals surface area contributed by atoms with Gasteiger partial charge in [-0.3, -0.25) is 9.89 Å². The summed E-state index contributed by atoms with van der Waals surface area (Å²) in [6.45, 7) is 2.17. The third-order valence-corrected chi connectivity index (χ3v) is 4.69. The summed E-state index contributed by atoms with van der Waals surface area (Å²) in [5.41, 5.74) is 2.56. The summed E-state index contributed by atoms with van der Waals surface area (Å²) in [5, 5.41) is 6.26. The fourth-order valence-electron chi connectivity index (χ4n) is 3.16. The standard InChI is InChI=1S/C23H26F2N4O.HI/c1-26-23(28-14-19-12-20(24)9-10-22(19)25)27-13-17-6-3-4-7-18(17)15-29(2)16-21-8-5-11-30-21;/h3-12H,13-16H2,1-2H3,(H2,26,27,28);1H. The van der Waals surface area contributed by atoms with Crippen LogP contribution in [0.5, 0.6) is 0 Å². The van der Waals surface area contributed by atoms with Crippen molar-refractivity contribution in [3.05, 3.63) is 94.9 Å². The second-order valence-corrected chi connectivity index (χ2v) is 7.04. The van der Waals surface area contributed by atoms with Crippen LogP contribution in [0.1, 0.15) is 22.5 Å². The lowest BCUT2D eigenvalue weighted by molar-refractivity contribution is 0.287. The molecule has 0 aliphatic heterocycles. The van der Waals surface area contributed by atoms with E-state index in [0.29, 0.717) is 12.5 Å². The molecule has 0 fully saturated rings. The Hall–Kier alpha value is -2.46. The van der Waals surface area contributed by atoms with Gasteiger partial charge in [-0.1, -0.05) is 24.3 Å². The molecule has 0 spiro atoms. The van der Waals surface area contributed by atoms with E-state index >= 15 is 0 Å². The zero-order chi connectivity index (χ0) is 21.3. The number of halogens is 3. The third-order valence-electron chi connectivity index (χ3n) is 4.69. The van der Waals surface area contributed by atoms with Crippen LogP contribution in [0.3, 0.4) is 0 Å². The summed E-state index contributed by atoms with van der Waals surface area (Å²) in [6.07, 6.45) is 1.68. The number of hydrogen-bond acceptors (Lipinski definition) is 3. The number of aliphatic imine (C=N–C) groups is 1. The second kappa shape index (κ2) is 12.4. The Morgan fingerprint density at radius 2 is 1.65 bits per heavy atom. The summed E-state index contributed by atoms with van der Waals surface area (Å²) in [6, 6.07) is 15.4. The van der Waals surface area contributed by atoms with Gasteiger partial charge in [0.1, 0.15) is 17.4 Å². The molecule has 3 rings (SSSR count). The molecular weight excluding hydrogens is 513 g/mol. The van der Waals surface area contributed by atoms with E-state index in [9.17, 15) is 8.78 Å². The topological polar surface area (TPSA) is 52.8 Å². The lowest BCUT2D eigenvalue weighted by Crippen LogP contribution is -2.36. The van der Waals surface area contributed by atoms with Gasteiger partial charge in [0.25, 0.3) is 0 Å². The number of guanidine groups is 1. The van der Waals surface area contributed by atoms with Gasteiger partial charge >= 0.3 is 0 Å². The monoisotopic (exact) mass is 540 g/mol. The van der Waals surface area contributed by atoms with Gasteiger partial charge in [-0.05, 0) is 48.5 Å². The van der Waals surface area contributed by atoms with Gasteiger partial charge in [-0.15, -0.1) is 24.0 Å². The molecule has 0 saturated heterocycles. The maximum atomic E-state index is 13.8. The fraction of sp³-hybridized carbons (Fsp3) is 0.261. The molecule has 166 valence electrons. The minimum atomic E-state index is -0.469. The molecule has 0 radical (unpaired) electrons.